The summed E-state index contributed by atoms with van der Waals surface area (Å²) in [6, 6.07) is 48.3. The van der Waals surface area contributed by atoms with Crippen molar-refractivity contribution in [3.8, 4) is 45.3 Å². The van der Waals surface area contributed by atoms with Gasteiger partial charge >= 0.3 is 0 Å². The summed E-state index contributed by atoms with van der Waals surface area (Å²) in [7, 11) is 0. The Morgan fingerprint density at radius 3 is 1.48 bits per heavy atom. The van der Waals surface area contributed by atoms with Crippen molar-refractivity contribution >= 4 is 57.2 Å². The molecule has 4 aliphatic heterocycles. The molecule has 7 heteroatoms. The molecule has 330 valence electrons. The predicted molar refractivity (Wildman–Crippen MR) is 272 cm³/mol. The van der Waals surface area contributed by atoms with Gasteiger partial charge in [0.2, 0.25) is 0 Å². The Bertz CT molecular complexity index is 2990. The molecule has 0 bridgehead atoms. The van der Waals surface area contributed by atoms with Crippen molar-refractivity contribution in [1.82, 2.24) is 0 Å². The molecule has 0 amide bonds. The second kappa shape index (κ2) is 14.7. The second-order valence-electron chi connectivity index (χ2n) is 21.4. The lowest BCUT2D eigenvalue weighted by molar-refractivity contribution is 0.296. The molecule has 0 spiro atoms. The van der Waals surface area contributed by atoms with Crippen LogP contribution in [-0.2, 0) is 16.2 Å². The van der Waals surface area contributed by atoms with E-state index in [9.17, 15) is 0 Å². The molecule has 0 unspecified atom stereocenters. The van der Waals surface area contributed by atoms with Gasteiger partial charge in [0.1, 0.15) is 0 Å². The summed E-state index contributed by atoms with van der Waals surface area (Å²) in [6.45, 7) is 21.1. The first-order chi connectivity index (χ1) is 31.7. The van der Waals surface area contributed by atoms with Crippen molar-refractivity contribution in [2.24, 2.45) is 0 Å². The van der Waals surface area contributed by atoms with Crippen molar-refractivity contribution in [3.05, 3.63) is 150 Å². The highest BCUT2D eigenvalue weighted by Crippen LogP contribution is 2.52. The molecule has 5 aliphatic rings. The fourth-order valence-electron chi connectivity index (χ4n) is 11.1. The molecule has 1 aliphatic carbocycles. The molecular formula is C59H57BN2O4. The summed E-state index contributed by atoms with van der Waals surface area (Å²) >= 11 is 0. The van der Waals surface area contributed by atoms with Gasteiger partial charge in [0.15, 0.2) is 23.0 Å². The number of benzene rings is 7. The Balaban J connectivity index is 1.18. The molecular weight excluding hydrogens is 811 g/mol. The van der Waals surface area contributed by atoms with Gasteiger partial charge in [-0.1, -0.05) is 116 Å². The molecule has 7 aromatic rings. The molecule has 6 nitrogen and oxygen atoms in total. The Morgan fingerprint density at radius 2 is 0.955 bits per heavy atom. The van der Waals surface area contributed by atoms with Gasteiger partial charge in [0, 0.05) is 53.1 Å². The molecule has 4 heterocycles. The predicted octanol–water partition coefficient (Wildman–Crippen LogP) is 12.7. The summed E-state index contributed by atoms with van der Waals surface area (Å²) in [5, 5.41) is 0. The quantitative estimate of drug-likeness (QED) is 0.165. The van der Waals surface area contributed by atoms with Gasteiger partial charge in [-0.15, -0.1) is 0 Å². The van der Waals surface area contributed by atoms with Crippen LogP contribution in [-0.4, -0.2) is 33.1 Å². The van der Waals surface area contributed by atoms with E-state index >= 15 is 0 Å². The number of ether oxygens (including phenoxy) is 4. The summed E-state index contributed by atoms with van der Waals surface area (Å²) in [5.74, 6) is 3.13. The number of fused-ring (bicyclic) bond motifs is 9. The molecule has 66 heavy (non-hydrogen) atoms. The third-order valence-electron chi connectivity index (χ3n) is 14.7. The molecule has 0 saturated carbocycles. The van der Waals surface area contributed by atoms with Crippen LogP contribution in [0, 0.1) is 0 Å². The average Bonchev–Trinajstić information content (AvgIpc) is 3.57. The summed E-state index contributed by atoms with van der Waals surface area (Å²) in [5.41, 5.74) is 20.6. The highest BCUT2D eigenvalue weighted by molar-refractivity contribution is 7.00. The van der Waals surface area contributed by atoms with E-state index in [1.54, 1.807) is 0 Å². The zero-order valence-corrected chi connectivity index (χ0v) is 39.5. The molecule has 7 aromatic carbocycles. The lowest BCUT2D eigenvalue weighted by Crippen LogP contribution is -2.61. The van der Waals surface area contributed by atoms with Crippen LogP contribution in [0.15, 0.2) is 127 Å². The van der Waals surface area contributed by atoms with Gasteiger partial charge in [-0.25, -0.2) is 0 Å². The van der Waals surface area contributed by atoms with Crippen molar-refractivity contribution in [3.63, 3.8) is 0 Å². The maximum absolute atomic E-state index is 6.42. The van der Waals surface area contributed by atoms with E-state index < -0.39 is 0 Å². The minimum Gasteiger partial charge on any atom is -0.490 e. The smallest absolute Gasteiger partial charge is 0.252 e. The third-order valence-corrected chi connectivity index (χ3v) is 14.7. The van der Waals surface area contributed by atoms with Crippen molar-refractivity contribution in [1.29, 1.82) is 0 Å². The fraction of sp³-hybridized carbons (Fsp3) is 0.288. The fourth-order valence-corrected chi connectivity index (χ4v) is 11.1. The number of anilines is 6. The number of hydrogen-bond donors (Lipinski definition) is 0. The van der Waals surface area contributed by atoms with E-state index in [-0.39, 0.29) is 23.0 Å². The van der Waals surface area contributed by atoms with E-state index in [4.69, 9.17) is 18.9 Å². The zero-order chi connectivity index (χ0) is 45.3. The lowest BCUT2D eigenvalue weighted by atomic mass is 9.33. The van der Waals surface area contributed by atoms with Crippen molar-refractivity contribution in [2.45, 2.75) is 84.5 Å². The summed E-state index contributed by atoms with van der Waals surface area (Å²) in [6.07, 6.45) is 1.69. The Morgan fingerprint density at radius 1 is 0.455 bits per heavy atom. The molecule has 12 rings (SSSR count). The Labute approximate surface area is 390 Å². The van der Waals surface area contributed by atoms with Gasteiger partial charge in [-0.2, -0.15) is 0 Å². The van der Waals surface area contributed by atoms with Gasteiger partial charge < -0.3 is 28.7 Å². The van der Waals surface area contributed by atoms with Crippen molar-refractivity contribution < 1.29 is 18.9 Å². The molecule has 0 atom stereocenters. The minimum atomic E-state index is -0.144. The average molecular weight is 869 g/mol. The number of nitrogens with zero attached hydrogens (tertiary/aromatic N) is 2. The van der Waals surface area contributed by atoms with Gasteiger partial charge in [-0.3, -0.25) is 0 Å². The van der Waals surface area contributed by atoms with Crippen LogP contribution in [0.5, 0.6) is 23.0 Å². The molecule has 0 radical (unpaired) electrons. The lowest BCUT2D eigenvalue weighted by Gasteiger charge is -2.45. The first kappa shape index (κ1) is 40.9. The topological polar surface area (TPSA) is 43.4 Å². The standard InChI is InChI=1S/C59H57BN2O4/c1-57(2,3)38-16-21-48-46(32-38)60-47-33-39(58(4,5)6)17-22-49(47)62(41-19-24-53-55(35-41)66-28-12-26-64-53)51-31-37(36-15-20-43-42-13-9-10-14-44(42)59(7,8)45(43)29-36)30-50(56(51)60)61(48)40-18-23-52-54(34-40)65-27-11-25-63-52/h9-10,13-24,29-35H,11-12,25-28H2,1-8H3. The van der Waals surface area contributed by atoms with Crippen LogP contribution in [0.3, 0.4) is 0 Å². The van der Waals surface area contributed by atoms with E-state index in [0.717, 1.165) is 64.2 Å². The van der Waals surface area contributed by atoms with Gasteiger partial charge in [0.25, 0.3) is 6.71 Å². The monoisotopic (exact) mass is 868 g/mol. The van der Waals surface area contributed by atoms with Crippen LogP contribution in [0.25, 0.3) is 22.3 Å². The van der Waals surface area contributed by atoms with Crippen LogP contribution < -0.4 is 45.1 Å². The number of hydrogen-bond acceptors (Lipinski definition) is 6. The highest BCUT2D eigenvalue weighted by Gasteiger charge is 2.45. The first-order valence-corrected chi connectivity index (χ1v) is 23.9. The van der Waals surface area contributed by atoms with E-state index in [1.165, 1.54) is 66.7 Å². The zero-order valence-electron chi connectivity index (χ0n) is 39.5. The third kappa shape index (κ3) is 6.36. The SMILES string of the molecule is CC(C)(C)c1ccc2c(c1)B1c3cc(C(C)(C)C)ccc3N(c3ccc4c(c3)OCCCO4)c3cc(-c4ccc5c(c4)C(C)(C)c4ccccc4-5)cc(c31)N2c1ccc2c(c1)OCCCO2. The minimum absolute atomic E-state index is 0.0552. The Kier molecular flexibility index (Phi) is 9.11. The largest absolute Gasteiger partial charge is 0.490 e. The number of rotatable bonds is 3. The van der Waals surface area contributed by atoms with Crippen LogP contribution in [0.2, 0.25) is 0 Å². The summed E-state index contributed by atoms with van der Waals surface area (Å²) in [4.78, 5) is 4.99. The molecule has 0 saturated heterocycles. The highest BCUT2D eigenvalue weighted by atomic mass is 16.5. The normalized spacial score (nSPS) is 16.3. The van der Waals surface area contributed by atoms with Crippen LogP contribution in [0.4, 0.5) is 34.1 Å². The molecule has 0 aromatic heterocycles. The van der Waals surface area contributed by atoms with E-state index in [2.05, 4.69) is 193 Å². The van der Waals surface area contributed by atoms with E-state index in [1.807, 2.05) is 0 Å². The maximum atomic E-state index is 6.42. The molecule has 0 fully saturated rings. The maximum Gasteiger partial charge on any atom is 0.252 e. The molecule has 0 N–H and O–H groups in total. The van der Waals surface area contributed by atoms with Crippen molar-refractivity contribution in [2.75, 3.05) is 36.2 Å². The second-order valence-corrected chi connectivity index (χ2v) is 21.4. The van der Waals surface area contributed by atoms with Crippen LogP contribution >= 0.6 is 0 Å². The van der Waals surface area contributed by atoms with Gasteiger partial charge in [-0.05, 0) is 126 Å². The van der Waals surface area contributed by atoms with Crippen LogP contribution in [0.1, 0.15) is 90.5 Å². The first-order valence-electron chi connectivity index (χ1n) is 23.9. The Hall–Kier alpha value is -6.60. The van der Waals surface area contributed by atoms with E-state index in [0.29, 0.717) is 26.4 Å². The summed E-state index contributed by atoms with van der Waals surface area (Å²) < 4.78 is 25.3. The van der Waals surface area contributed by atoms with Gasteiger partial charge in [0.05, 0.1) is 37.8 Å².